The van der Waals surface area contributed by atoms with E-state index in [4.69, 9.17) is 9.47 Å². The number of nitrogens with zero attached hydrogens (tertiary/aromatic N) is 3. The van der Waals surface area contributed by atoms with Gasteiger partial charge in [-0.15, -0.1) is 0 Å². The number of carbonyl (C=O) groups excluding carboxylic acids is 2. The molecule has 0 spiro atoms. The molecule has 10 nitrogen and oxygen atoms in total. The first-order valence-electron chi connectivity index (χ1n) is 15.1. The van der Waals surface area contributed by atoms with Crippen LogP contribution in [-0.2, 0) is 16.6 Å². The van der Waals surface area contributed by atoms with Crippen LogP contribution in [0.25, 0.3) is 0 Å². The van der Waals surface area contributed by atoms with E-state index in [1.54, 1.807) is 45.6 Å². The molecule has 232 valence electrons. The molecule has 0 aliphatic carbocycles. The summed E-state index contributed by atoms with van der Waals surface area (Å²) in [6, 6.07) is 18.9. The Labute approximate surface area is 258 Å². The molecule has 3 aromatic carbocycles. The van der Waals surface area contributed by atoms with Gasteiger partial charge in [0.05, 0.1) is 16.0 Å². The molecule has 11 heteroatoms. The SMILES string of the molecule is C[C@@H]1CCC[C@H](C)N1S(=O)(=O)c1ccc(NC(=O)c2ccccc2C(=O)N2CCN(Cc3ccc4c(c3)OCO4)CC2)cc1. The fourth-order valence-corrected chi connectivity index (χ4v) is 8.23. The van der Waals surface area contributed by atoms with Crippen molar-refractivity contribution in [2.24, 2.45) is 0 Å². The van der Waals surface area contributed by atoms with Gasteiger partial charge in [-0.25, -0.2) is 8.42 Å². The van der Waals surface area contributed by atoms with Crippen LogP contribution in [0.15, 0.2) is 71.6 Å². The van der Waals surface area contributed by atoms with Gasteiger partial charge >= 0.3 is 0 Å². The monoisotopic (exact) mass is 618 g/mol. The van der Waals surface area contributed by atoms with Gasteiger partial charge in [0.15, 0.2) is 11.5 Å². The van der Waals surface area contributed by atoms with E-state index in [0.717, 1.165) is 42.9 Å². The maximum Gasteiger partial charge on any atom is 0.256 e. The van der Waals surface area contributed by atoms with Crippen molar-refractivity contribution < 1.29 is 27.5 Å². The number of benzene rings is 3. The highest BCUT2D eigenvalue weighted by Gasteiger charge is 2.35. The van der Waals surface area contributed by atoms with Gasteiger partial charge in [0.25, 0.3) is 11.8 Å². The summed E-state index contributed by atoms with van der Waals surface area (Å²) in [4.78, 5) is 31.2. The number of anilines is 1. The second-order valence-corrected chi connectivity index (χ2v) is 13.6. The van der Waals surface area contributed by atoms with Gasteiger partial charge in [-0.2, -0.15) is 4.31 Å². The van der Waals surface area contributed by atoms with Gasteiger partial charge in [0.1, 0.15) is 0 Å². The Hall–Kier alpha value is -3.93. The molecule has 0 saturated carbocycles. The number of fused-ring (bicyclic) bond motifs is 1. The van der Waals surface area contributed by atoms with Crippen molar-refractivity contribution in [3.05, 3.63) is 83.4 Å². The fraction of sp³-hybridized carbons (Fsp3) is 0.394. The van der Waals surface area contributed by atoms with E-state index >= 15 is 0 Å². The van der Waals surface area contributed by atoms with Crippen molar-refractivity contribution in [3.8, 4) is 11.5 Å². The summed E-state index contributed by atoms with van der Waals surface area (Å²) in [5.74, 6) is 0.900. The van der Waals surface area contributed by atoms with Gasteiger partial charge in [-0.1, -0.05) is 24.6 Å². The van der Waals surface area contributed by atoms with Gasteiger partial charge in [0.2, 0.25) is 16.8 Å². The van der Waals surface area contributed by atoms with Gasteiger partial charge in [-0.05, 0) is 80.8 Å². The number of ether oxygens (including phenoxy) is 2. The molecule has 2 amide bonds. The highest BCUT2D eigenvalue weighted by molar-refractivity contribution is 7.89. The second-order valence-electron chi connectivity index (χ2n) is 11.7. The first kappa shape index (κ1) is 30.1. The third kappa shape index (κ3) is 6.17. The predicted octanol–water partition coefficient (Wildman–Crippen LogP) is 4.58. The van der Waals surface area contributed by atoms with Crippen molar-refractivity contribution in [2.75, 3.05) is 38.3 Å². The van der Waals surface area contributed by atoms with E-state index in [2.05, 4.69) is 10.2 Å². The zero-order valence-electron chi connectivity index (χ0n) is 25.1. The van der Waals surface area contributed by atoms with E-state index in [0.29, 0.717) is 37.4 Å². The van der Waals surface area contributed by atoms with Crippen molar-refractivity contribution in [1.82, 2.24) is 14.1 Å². The lowest BCUT2D eigenvalue weighted by molar-refractivity contribution is 0.0625. The molecule has 2 saturated heterocycles. The third-order valence-electron chi connectivity index (χ3n) is 8.70. The highest BCUT2D eigenvalue weighted by atomic mass is 32.2. The molecule has 3 aromatic rings. The molecule has 2 atom stereocenters. The van der Waals surface area contributed by atoms with Crippen LogP contribution in [0, 0.1) is 0 Å². The lowest BCUT2D eigenvalue weighted by atomic mass is 10.0. The molecule has 3 aliphatic heterocycles. The Bertz CT molecular complexity index is 1630. The first-order valence-corrected chi connectivity index (χ1v) is 16.6. The number of piperidine rings is 1. The first-order chi connectivity index (χ1) is 21.2. The number of hydrogen-bond donors (Lipinski definition) is 1. The summed E-state index contributed by atoms with van der Waals surface area (Å²) in [6.45, 7) is 7.38. The highest BCUT2D eigenvalue weighted by Crippen LogP contribution is 2.33. The van der Waals surface area contributed by atoms with Crippen molar-refractivity contribution in [3.63, 3.8) is 0 Å². The largest absolute Gasteiger partial charge is 0.454 e. The lowest BCUT2D eigenvalue weighted by Gasteiger charge is -2.37. The van der Waals surface area contributed by atoms with Gasteiger partial charge in [0, 0.05) is 50.5 Å². The summed E-state index contributed by atoms with van der Waals surface area (Å²) in [5, 5.41) is 2.84. The molecule has 0 bridgehead atoms. The van der Waals surface area contributed by atoms with Crippen LogP contribution >= 0.6 is 0 Å². The van der Waals surface area contributed by atoms with E-state index in [-0.39, 0.29) is 35.2 Å². The summed E-state index contributed by atoms with van der Waals surface area (Å²) < 4.78 is 39.2. The van der Waals surface area contributed by atoms with Crippen LogP contribution in [0.4, 0.5) is 5.69 Å². The van der Waals surface area contributed by atoms with Crippen LogP contribution in [0.5, 0.6) is 11.5 Å². The zero-order chi connectivity index (χ0) is 30.8. The molecule has 1 N–H and O–H groups in total. The Kier molecular flexibility index (Phi) is 8.61. The standard InChI is InChI=1S/C33H38N4O6S/c1-23-6-5-7-24(2)37(23)44(40,41)27-13-11-26(12-14-27)34-32(38)28-8-3-4-9-29(28)33(39)36-18-16-35(17-19-36)21-25-10-15-30-31(20-25)43-22-42-30/h3-4,8-15,20,23-24H,5-7,16-19,21-22H2,1-2H3,(H,34,38)/t23-,24+. The quantitative estimate of drug-likeness (QED) is 0.413. The van der Waals surface area contributed by atoms with Gasteiger partial charge < -0.3 is 19.7 Å². The van der Waals surface area contributed by atoms with Crippen molar-refractivity contribution in [1.29, 1.82) is 0 Å². The summed E-state index contributed by atoms with van der Waals surface area (Å²) >= 11 is 0. The average Bonchev–Trinajstić information content (AvgIpc) is 3.49. The van der Waals surface area contributed by atoms with E-state index < -0.39 is 15.9 Å². The number of carbonyl (C=O) groups is 2. The molecular formula is C33H38N4O6S. The van der Waals surface area contributed by atoms with Crippen LogP contribution in [-0.4, -0.2) is 79.4 Å². The minimum absolute atomic E-state index is 0.0600. The van der Waals surface area contributed by atoms with Gasteiger partial charge in [-0.3, -0.25) is 14.5 Å². The Morgan fingerprint density at radius 3 is 2.20 bits per heavy atom. The maximum absolute atomic E-state index is 13.6. The normalized spacial score (nSPS) is 20.8. The number of piperazine rings is 1. The molecule has 44 heavy (non-hydrogen) atoms. The van der Waals surface area contributed by atoms with Crippen LogP contribution in [0.1, 0.15) is 59.4 Å². The van der Waals surface area contributed by atoms with E-state index in [9.17, 15) is 18.0 Å². The average molecular weight is 619 g/mol. The second kappa shape index (κ2) is 12.6. The fourth-order valence-electron chi connectivity index (χ4n) is 6.35. The number of rotatable bonds is 7. The maximum atomic E-state index is 13.6. The molecule has 0 aromatic heterocycles. The lowest BCUT2D eigenvalue weighted by Crippen LogP contribution is -2.48. The molecular weight excluding hydrogens is 580 g/mol. The Balaban J connectivity index is 1.08. The Morgan fingerprint density at radius 2 is 1.50 bits per heavy atom. The third-order valence-corrected chi connectivity index (χ3v) is 10.8. The molecule has 6 rings (SSSR count). The van der Waals surface area contributed by atoms with E-state index in [1.165, 1.54) is 12.1 Å². The summed E-state index contributed by atoms with van der Waals surface area (Å²) in [5.41, 5.74) is 2.18. The molecule has 0 radical (unpaired) electrons. The molecule has 2 fully saturated rings. The van der Waals surface area contributed by atoms with E-state index in [1.807, 2.05) is 32.0 Å². The number of nitrogens with one attached hydrogen (secondary N) is 1. The minimum Gasteiger partial charge on any atom is -0.454 e. The number of hydrogen-bond acceptors (Lipinski definition) is 7. The molecule has 0 unspecified atom stereocenters. The molecule has 3 aliphatic rings. The predicted molar refractivity (Wildman–Crippen MR) is 166 cm³/mol. The van der Waals surface area contributed by atoms with Crippen molar-refractivity contribution in [2.45, 2.75) is 56.6 Å². The van der Waals surface area contributed by atoms with Crippen LogP contribution in [0.3, 0.4) is 0 Å². The number of amides is 2. The Morgan fingerprint density at radius 1 is 0.841 bits per heavy atom. The van der Waals surface area contributed by atoms with Crippen LogP contribution in [0.2, 0.25) is 0 Å². The van der Waals surface area contributed by atoms with Crippen molar-refractivity contribution >= 4 is 27.5 Å². The van der Waals surface area contributed by atoms with Crippen LogP contribution < -0.4 is 14.8 Å². The topological polar surface area (TPSA) is 108 Å². The zero-order valence-corrected chi connectivity index (χ0v) is 25.9. The minimum atomic E-state index is -3.66. The molecule has 3 heterocycles. The summed E-state index contributed by atoms with van der Waals surface area (Å²) in [7, 11) is -3.66. The number of sulfonamides is 1. The summed E-state index contributed by atoms with van der Waals surface area (Å²) in [6.07, 6.45) is 2.70. The smallest absolute Gasteiger partial charge is 0.256 e.